The van der Waals surface area contributed by atoms with Gasteiger partial charge in [0.05, 0.1) is 23.5 Å². The van der Waals surface area contributed by atoms with Crippen molar-refractivity contribution in [1.29, 1.82) is 0 Å². The van der Waals surface area contributed by atoms with Crippen LogP contribution in [-0.2, 0) is 4.74 Å². The molecule has 0 aliphatic heterocycles. The maximum atomic E-state index is 13.1. The summed E-state index contributed by atoms with van der Waals surface area (Å²) in [4.78, 5) is 12.0. The molecule has 2 aromatic rings. The van der Waals surface area contributed by atoms with Crippen LogP contribution >= 0.6 is 15.9 Å². The summed E-state index contributed by atoms with van der Waals surface area (Å²) in [6, 6.07) is 9.13. The molecule has 0 spiro atoms. The van der Waals surface area contributed by atoms with Gasteiger partial charge in [-0.15, -0.1) is 0 Å². The second-order valence-electron chi connectivity index (χ2n) is 4.27. The SMILES string of the molecule is CCOC(=O)c1cc(N)ccc1Nc1ccc(F)cc1Br. The molecule has 6 heteroatoms. The first kappa shape index (κ1) is 15.3. The zero-order valence-corrected chi connectivity index (χ0v) is 12.9. The van der Waals surface area contributed by atoms with Gasteiger partial charge >= 0.3 is 5.97 Å². The van der Waals surface area contributed by atoms with Crippen LogP contribution in [0.5, 0.6) is 0 Å². The quantitative estimate of drug-likeness (QED) is 0.642. The van der Waals surface area contributed by atoms with E-state index in [1.54, 1.807) is 25.1 Å². The van der Waals surface area contributed by atoms with Crippen LogP contribution in [0.15, 0.2) is 40.9 Å². The first-order valence-corrected chi connectivity index (χ1v) is 7.09. The van der Waals surface area contributed by atoms with Crippen molar-refractivity contribution in [2.45, 2.75) is 6.92 Å². The lowest BCUT2D eigenvalue weighted by atomic mass is 10.1. The Labute approximate surface area is 130 Å². The molecule has 2 rings (SSSR count). The highest BCUT2D eigenvalue weighted by atomic mass is 79.9. The van der Waals surface area contributed by atoms with Crippen molar-refractivity contribution in [3.05, 3.63) is 52.3 Å². The summed E-state index contributed by atoms with van der Waals surface area (Å²) >= 11 is 3.27. The second-order valence-corrected chi connectivity index (χ2v) is 5.13. The molecule has 2 aromatic carbocycles. The van der Waals surface area contributed by atoms with E-state index in [1.807, 2.05) is 0 Å². The van der Waals surface area contributed by atoms with Crippen molar-refractivity contribution in [1.82, 2.24) is 0 Å². The molecule has 0 fully saturated rings. The topological polar surface area (TPSA) is 64.3 Å². The van der Waals surface area contributed by atoms with Gasteiger partial charge in [-0.3, -0.25) is 0 Å². The smallest absolute Gasteiger partial charge is 0.340 e. The number of halogens is 2. The molecule has 0 radical (unpaired) electrons. The van der Waals surface area contributed by atoms with Crippen molar-refractivity contribution in [3.8, 4) is 0 Å². The minimum absolute atomic E-state index is 0.271. The number of benzene rings is 2. The van der Waals surface area contributed by atoms with Crippen LogP contribution in [-0.4, -0.2) is 12.6 Å². The Hall–Kier alpha value is -2.08. The third kappa shape index (κ3) is 3.72. The van der Waals surface area contributed by atoms with Crippen LogP contribution in [0.4, 0.5) is 21.5 Å². The van der Waals surface area contributed by atoms with Crippen LogP contribution in [0.25, 0.3) is 0 Å². The minimum Gasteiger partial charge on any atom is -0.462 e. The molecular formula is C15H14BrFN2O2. The van der Waals surface area contributed by atoms with Crippen molar-refractivity contribution in [2.75, 3.05) is 17.7 Å². The molecule has 0 aliphatic carbocycles. The van der Waals surface area contributed by atoms with E-state index in [2.05, 4.69) is 21.2 Å². The maximum Gasteiger partial charge on any atom is 0.340 e. The van der Waals surface area contributed by atoms with Gasteiger partial charge in [0.1, 0.15) is 5.82 Å². The van der Waals surface area contributed by atoms with Crippen molar-refractivity contribution >= 4 is 39.0 Å². The number of anilines is 3. The molecular weight excluding hydrogens is 339 g/mol. The number of rotatable bonds is 4. The number of hydrogen-bond acceptors (Lipinski definition) is 4. The zero-order valence-electron chi connectivity index (χ0n) is 11.3. The largest absolute Gasteiger partial charge is 0.462 e. The van der Waals surface area contributed by atoms with E-state index in [-0.39, 0.29) is 12.4 Å². The molecule has 110 valence electrons. The van der Waals surface area contributed by atoms with Gasteiger partial charge in [-0.05, 0) is 59.3 Å². The predicted molar refractivity (Wildman–Crippen MR) is 84.2 cm³/mol. The van der Waals surface area contributed by atoms with Crippen LogP contribution in [0.3, 0.4) is 0 Å². The van der Waals surface area contributed by atoms with E-state index in [9.17, 15) is 9.18 Å². The van der Waals surface area contributed by atoms with Crippen LogP contribution in [0.1, 0.15) is 17.3 Å². The molecule has 0 amide bonds. The Morgan fingerprint density at radius 3 is 2.67 bits per heavy atom. The van der Waals surface area contributed by atoms with Crippen LogP contribution < -0.4 is 11.1 Å². The van der Waals surface area contributed by atoms with Gasteiger partial charge < -0.3 is 15.8 Å². The normalized spacial score (nSPS) is 10.2. The van der Waals surface area contributed by atoms with E-state index >= 15 is 0 Å². The number of nitrogen functional groups attached to an aromatic ring is 1. The first-order chi connectivity index (χ1) is 10.0. The minimum atomic E-state index is -0.467. The summed E-state index contributed by atoms with van der Waals surface area (Å²) in [6.45, 7) is 2.00. The third-order valence-corrected chi connectivity index (χ3v) is 3.40. The van der Waals surface area contributed by atoms with Gasteiger partial charge in [0, 0.05) is 10.2 Å². The standard InChI is InChI=1S/C15H14BrFN2O2/c1-2-21-15(20)11-8-10(18)4-6-13(11)19-14-5-3-9(17)7-12(14)16/h3-8,19H,2,18H2,1H3. The van der Waals surface area contributed by atoms with Gasteiger partial charge in [-0.1, -0.05) is 0 Å². The highest BCUT2D eigenvalue weighted by Crippen LogP contribution is 2.29. The number of ether oxygens (including phenoxy) is 1. The molecule has 0 unspecified atom stereocenters. The van der Waals surface area contributed by atoms with Gasteiger partial charge in [0.2, 0.25) is 0 Å². The fourth-order valence-electron chi connectivity index (χ4n) is 1.78. The van der Waals surface area contributed by atoms with E-state index in [0.717, 1.165) is 0 Å². The number of nitrogens with two attached hydrogens (primary N) is 1. The Morgan fingerprint density at radius 2 is 2.00 bits per heavy atom. The van der Waals surface area contributed by atoms with Crippen molar-refractivity contribution in [2.24, 2.45) is 0 Å². The second kappa shape index (κ2) is 6.58. The van der Waals surface area contributed by atoms with Crippen molar-refractivity contribution in [3.63, 3.8) is 0 Å². The average molecular weight is 353 g/mol. The van der Waals surface area contributed by atoms with Gasteiger partial charge in [-0.25, -0.2) is 9.18 Å². The lowest BCUT2D eigenvalue weighted by molar-refractivity contribution is 0.0527. The van der Waals surface area contributed by atoms with Crippen molar-refractivity contribution < 1.29 is 13.9 Å². The highest BCUT2D eigenvalue weighted by molar-refractivity contribution is 9.10. The average Bonchev–Trinajstić information content (AvgIpc) is 2.43. The molecule has 0 saturated heterocycles. The summed E-state index contributed by atoms with van der Waals surface area (Å²) in [6.07, 6.45) is 0. The lowest BCUT2D eigenvalue weighted by Crippen LogP contribution is -2.09. The lowest BCUT2D eigenvalue weighted by Gasteiger charge is -2.13. The van der Waals surface area contributed by atoms with E-state index in [4.69, 9.17) is 10.5 Å². The van der Waals surface area contributed by atoms with Gasteiger partial charge in [-0.2, -0.15) is 0 Å². The third-order valence-electron chi connectivity index (χ3n) is 2.74. The molecule has 0 aliphatic rings. The van der Waals surface area contributed by atoms with E-state index in [0.29, 0.717) is 27.1 Å². The molecule has 0 bridgehead atoms. The molecule has 0 atom stereocenters. The zero-order chi connectivity index (χ0) is 15.4. The van der Waals surface area contributed by atoms with Crippen LogP contribution in [0, 0.1) is 5.82 Å². The highest BCUT2D eigenvalue weighted by Gasteiger charge is 2.14. The molecule has 21 heavy (non-hydrogen) atoms. The fraction of sp³-hybridized carbons (Fsp3) is 0.133. The van der Waals surface area contributed by atoms with Gasteiger partial charge in [0.25, 0.3) is 0 Å². The van der Waals surface area contributed by atoms with E-state index < -0.39 is 5.97 Å². The number of carbonyl (C=O) groups excluding carboxylic acids is 1. The monoisotopic (exact) mass is 352 g/mol. The molecule has 4 nitrogen and oxygen atoms in total. The first-order valence-electron chi connectivity index (χ1n) is 6.30. The summed E-state index contributed by atoms with van der Waals surface area (Å²) in [5.41, 5.74) is 7.67. The summed E-state index contributed by atoms with van der Waals surface area (Å²) in [7, 11) is 0. The van der Waals surface area contributed by atoms with E-state index in [1.165, 1.54) is 18.2 Å². The Bertz CT molecular complexity index is 677. The number of carbonyl (C=O) groups is 1. The summed E-state index contributed by atoms with van der Waals surface area (Å²) in [5, 5.41) is 3.06. The molecule has 0 aromatic heterocycles. The predicted octanol–water partition coefficient (Wildman–Crippen LogP) is 4.09. The Kier molecular flexibility index (Phi) is 4.80. The number of hydrogen-bond donors (Lipinski definition) is 2. The summed E-state index contributed by atoms with van der Waals surface area (Å²) < 4.78 is 18.7. The van der Waals surface area contributed by atoms with Gasteiger partial charge in [0.15, 0.2) is 0 Å². The summed E-state index contributed by atoms with van der Waals surface area (Å²) in [5.74, 6) is -0.819. The Balaban J connectivity index is 2.37. The Morgan fingerprint density at radius 1 is 1.29 bits per heavy atom. The molecule has 3 N–H and O–H groups in total. The molecule has 0 saturated carbocycles. The maximum absolute atomic E-state index is 13.1. The van der Waals surface area contributed by atoms with Crippen LogP contribution in [0.2, 0.25) is 0 Å². The number of esters is 1. The number of nitrogens with one attached hydrogen (secondary N) is 1. The fourth-order valence-corrected chi connectivity index (χ4v) is 2.23. The molecule has 0 heterocycles.